The molecular weight excluding hydrogens is 509 g/mol. The van der Waals surface area contributed by atoms with E-state index in [0.717, 1.165) is 11.1 Å². The summed E-state index contributed by atoms with van der Waals surface area (Å²) in [6.07, 6.45) is 3.28. The zero-order valence-corrected chi connectivity index (χ0v) is 23.3. The maximum absolute atomic E-state index is 13.1. The molecule has 1 aliphatic carbocycles. The van der Waals surface area contributed by atoms with Crippen molar-refractivity contribution in [1.82, 2.24) is 14.7 Å². The van der Waals surface area contributed by atoms with E-state index in [0.29, 0.717) is 5.46 Å². The molecular formula is C30H34BN3O6. The number of carboxylic acids is 1. The van der Waals surface area contributed by atoms with E-state index in [1.54, 1.807) is 17.3 Å². The van der Waals surface area contributed by atoms with Crippen LogP contribution in [0.25, 0.3) is 11.1 Å². The van der Waals surface area contributed by atoms with Gasteiger partial charge in [0.25, 0.3) is 0 Å². The Balaban J connectivity index is 1.12. The Kier molecular flexibility index (Phi) is 6.31. The Morgan fingerprint density at radius 2 is 1.52 bits per heavy atom. The van der Waals surface area contributed by atoms with Crippen LogP contribution in [-0.4, -0.2) is 69.9 Å². The molecule has 0 unspecified atom stereocenters. The molecule has 2 aromatic carbocycles. The number of aromatic nitrogens is 2. The van der Waals surface area contributed by atoms with Gasteiger partial charge in [-0.15, -0.1) is 0 Å². The molecule has 2 saturated heterocycles. The second kappa shape index (κ2) is 9.49. The molecule has 3 aliphatic rings. The lowest BCUT2D eigenvalue weighted by molar-refractivity contribution is -0.151. The van der Waals surface area contributed by atoms with Crippen LogP contribution >= 0.6 is 0 Å². The van der Waals surface area contributed by atoms with E-state index in [9.17, 15) is 14.7 Å². The van der Waals surface area contributed by atoms with Gasteiger partial charge in [0, 0.05) is 49.7 Å². The average Bonchev–Trinajstić information content (AvgIpc) is 3.60. The van der Waals surface area contributed by atoms with E-state index < -0.39 is 35.9 Å². The van der Waals surface area contributed by atoms with E-state index in [-0.39, 0.29) is 38.5 Å². The van der Waals surface area contributed by atoms with Gasteiger partial charge in [-0.1, -0.05) is 48.5 Å². The molecule has 2 aliphatic heterocycles. The largest absolute Gasteiger partial charge is 0.498 e. The number of nitrogens with zero attached hydrogens (tertiary/aromatic N) is 3. The number of carbonyl (C=O) groups excluding carboxylic acids is 1. The molecule has 6 rings (SSSR count). The van der Waals surface area contributed by atoms with Gasteiger partial charge >= 0.3 is 19.2 Å². The molecule has 3 aromatic rings. The van der Waals surface area contributed by atoms with E-state index in [1.165, 1.54) is 15.8 Å². The van der Waals surface area contributed by atoms with Crippen LogP contribution in [0.3, 0.4) is 0 Å². The number of piperidine rings is 1. The van der Waals surface area contributed by atoms with Gasteiger partial charge < -0.3 is 24.1 Å². The van der Waals surface area contributed by atoms with Crippen LogP contribution in [0.15, 0.2) is 60.9 Å². The van der Waals surface area contributed by atoms with E-state index in [4.69, 9.17) is 14.0 Å². The fraction of sp³-hybridized carbons (Fsp3) is 0.433. The smallest absolute Gasteiger partial charge is 0.479 e. The zero-order chi connectivity index (χ0) is 28.3. The van der Waals surface area contributed by atoms with Crippen molar-refractivity contribution < 1.29 is 28.7 Å². The quantitative estimate of drug-likeness (QED) is 0.486. The van der Waals surface area contributed by atoms with Crippen molar-refractivity contribution in [3.8, 4) is 11.1 Å². The highest BCUT2D eigenvalue weighted by Gasteiger charge is 2.53. The van der Waals surface area contributed by atoms with Crippen molar-refractivity contribution in [2.45, 2.75) is 63.2 Å². The minimum absolute atomic E-state index is 0.0308. The molecule has 0 bridgehead atoms. The van der Waals surface area contributed by atoms with Crippen molar-refractivity contribution in [3.63, 3.8) is 0 Å². The molecule has 9 nitrogen and oxygen atoms in total. The summed E-state index contributed by atoms with van der Waals surface area (Å²) < 4.78 is 19.5. The summed E-state index contributed by atoms with van der Waals surface area (Å²) in [6.45, 7) is 8.59. The van der Waals surface area contributed by atoms with Gasteiger partial charge in [0.2, 0.25) is 0 Å². The maximum atomic E-state index is 13.1. The van der Waals surface area contributed by atoms with Crippen LogP contribution in [0.4, 0.5) is 4.79 Å². The summed E-state index contributed by atoms with van der Waals surface area (Å²) in [7, 11) is -0.634. The SMILES string of the molecule is CC1(C)OB(c2cnn(C3(C(=O)O)CCN(C(=O)OCC4c5ccccc5-c5ccccc54)CC3)c2)OC1(C)C. The van der Waals surface area contributed by atoms with Crippen molar-refractivity contribution in [3.05, 3.63) is 72.1 Å². The fourth-order valence-electron chi connectivity index (χ4n) is 5.96. The molecule has 0 saturated carbocycles. The normalized spacial score (nSPS) is 20.7. The summed E-state index contributed by atoms with van der Waals surface area (Å²) in [5.41, 5.74) is 3.00. The average molecular weight is 543 g/mol. The van der Waals surface area contributed by atoms with Gasteiger partial charge in [0.1, 0.15) is 6.61 Å². The third-order valence-electron chi connectivity index (χ3n) is 9.15. The first kappa shape index (κ1) is 26.6. The predicted molar refractivity (Wildman–Crippen MR) is 149 cm³/mol. The zero-order valence-electron chi connectivity index (χ0n) is 23.3. The van der Waals surface area contributed by atoms with Gasteiger partial charge in [-0.05, 0) is 49.9 Å². The Bertz CT molecular complexity index is 1400. The third-order valence-corrected chi connectivity index (χ3v) is 9.15. The molecule has 208 valence electrons. The van der Waals surface area contributed by atoms with Crippen LogP contribution in [0.1, 0.15) is 57.6 Å². The first-order chi connectivity index (χ1) is 19.0. The Hall–Kier alpha value is -3.63. The van der Waals surface area contributed by atoms with Crippen LogP contribution in [-0.2, 0) is 24.4 Å². The molecule has 1 N–H and O–H groups in total. The monoisotopic (exact) mass is 543 g/mol. The number of benzene rings is 2. The minimum atomic E-state index is -1.28. The van der Waals surface area contributed by atoms with Gasteiger partial charge in [-0.25, -0.2) is 9.59 Å². The molecule has 1 aromatic heterocycles. The number of hydrogen-bond acceptors (Lipinski definition) is 6. The highest BCUT2D eigenvalue weighted by Crippen LogP contribution is 2.44. The number of hydrogen-bond donors (Lipinski definition) is 1. The van der Waals surface area contributed by atoms with Crippen LogP contribution in [0.2, 0.25) is 0 Å². The number of amides is 1. The second-order valence-corrected chi connectivity index (χ2v) is 11.9. The summed E-state index contributed by atoms with van der Waals surface area (Å²) in [5.74, 6) is -1.01. The molecule has 10 heteroatoms. The lowest BCUT2D eigenvalue weighted by Gasteiger charge is -2.38. The lowest BCUT2D eigenvalue weighted by Crippen LogP contribution is -2.53. The van der Waals surface area contributed by atoms with Gasteiger partial charge in [-0.3, -0.25) is 4.68 Å². The molecule has 0 atom stereocenters. The second-order valence-electron chi connectivity index (χ2n) is 11.9. The lowest BCUT2D eigenvalue weighted by atomic mass is 9.81. The van der Waals surface area contributed by atoms with Crippen LogP contribution in [0.5, 0.6) is 0 Å². The maximum Gasteiger partial charge on any atom is 0.498 e. The predicted octanol–water partition coefficient (Wildman–Crippen LogP) is 4.01. The van der Waals surface area contributed by atoms with Crippen LogP contribution in [0, 0.1) is 0 Å². The Morgan fingerprint density at radius 3 is 2.08 bits per heavy atom. The number of rotatable bonds is 5. The number of ether oxygens (including phenoxy) is 1. The van der Waals surface area contributed by atoms with Gasteiger partial charge in [-0.2, -0.15) is 5.10 Å². The fourth-order valence-corrected chi connectivity index (χ4v) is 5.96. The minimum Gasteiger partial charge on any atom is -0.479 e. The van der Waals surface area contributed by atoms with E-state index >= 15 is 0 Å². The molecule has 40 heavy (non-hydrogen) atoms. The van der Waals surface area contributed by atoms with E-state index in [1.807, 2.05) is 52.0 Å². The number of fused-ring (bicyclic) bond motifs is 3. The molecule has 1 amide bonds. The first-order valence-corrected chi connectivity index (χ1v) is 13.8. The van der Waals surface area contributed by atoms with Crippen molar-refractivity contribution >= 4 is 24.6 Å². The number of aliphatic carboxylic acids is 1. The molecule has 0 radical (unpaired) electrons. The Labute approximate surface area is 234 Å². The van der Waals surface area contributed by atoms with Crippen molar-refractivity contribution in [2.75, 3.05) is 19.7 Å². The number of likely N-dealkylation sites (tertiary alicyclic amines) is 1. The highest BCUT2D eigenvalue weighted by atomic mass is 16.7. The van der Waals surface area contributed by atoms with Crippen molar-refractivity contribution in [2.24, 2.45) is 0 Å². The first-order valence-electron chi connectivity index (χ1n) is 13.8. The van der Waals surface area contributed by atoms with Gasteiger partial charge in [0.15, 0.2) is 5.54 Å². The van der Waals surface area contributed by atoms with Gasteiger partial charge in [0.05, 0.1) is 11.2 Å². The topological polar surface area (TPSA) is 103 Å². The van der Waals surface area contributed by atoms with E-state index in [2.05, 4.69) is 29.4 Å². The summed E-state index contributed by atoms with van der Waals surface area (Å²) >= 11 is 0. The molecule has 3 heterocycles. The van der Waals surface area contributed by atoms with Crippen molar-refractivity contribution in [1.29, 1.82) is 0 Å². The molecule has 0 spiro atoms. The summed E-state index contributed by atoms with van der Waals surface area (Å²) in [6, 6.07) is 16.4. The molecule has 2 fully saturated rings. The standard InChI is InChI=1S/C30H34BN3O6/c1-28(2)29(3,4)40-31(39-28)20-17-32-34(18-20)30(26(35)36)13-15-33(16-14-30)27(37)38-19-25-23-11-7-5-9-21(23)22-10-6-8-12-24(22)25/h5-12,17-18,25H,13-16,19H2,1-4H3,(H,35,36). The Morgan fingerprint density at radius 1 is 0.975 bits per heavy atom. The highest BCUT2D eigenvalue weighted by molar-refractivity contribution is 6.62. The third kappa shape index (κ3) is 4.21. The number of carboxylic acid groups (broad SMARTS) is 1. The summed E-state index contributed by atoms with van der Waals surface area (Å²) in [4.78, 5) is 27.3. The van der Waals surface area contributed by atoms with Crippen LogP contribution < -0.4 is 5.46 Å². The number of carbonyl (C=O) groups is 2. The summed E-state index contributed by atoms with van der Waals surface area (Å²) in [5, 5.41) is 14.7.